The van der Waals surface area contributed by atoms with Crippen LogP contribution >= 0.6 is 0 Å². The molecule has 5 nitrogen and oxygen atoms in total. The molecule has 1 rings (SSSR count). The number of hydrogen-bond acceptors (Lipinski definition) is 2. The lowest BCUT2D eigenvalue weighted by molar-refractivity contribution is -0.117. The van der Waals surface area contributed by atoms with E-state index < -0.39 is 0 Å². The molecule has 0 aromatic heterocycles. The SMILES string of the molecule is CCC(C)N(CC(=O)Nc1cccc(C)c1C)C(=O)N(C)C. The maximum atomic E-state index is 12.3. The standard InChI is InChI=1S/C17H27N3O2/c1-7-13(3)20(17(22)19(5)6)11-16(21)18-15-10-8-9-12(2)14(15)4/h8-10,13H,7,11H2,1-6H3,(H,18,21). The summed E-state index contributed by atoms with van der Waals surface area (Å²) in [5, 5.41) is 2.90. The molecule has 1 aromatic rings. The van der Waals surface area contributed by atoms with E-state index in [1.807, 2.05) is 45.9 Å². The third-order valence-corrected chi connectivity index (χ3v) is 3.94. The van der Waals surface area contributed by atoms with Crippen molar-refractivity contribution >= 4 is 17.6 Å². The summed E-state index contributed by atoms with van der Waals surface area (Å²) in [6.45, 7) is 7.99. The number of hydrogen-bond donors (Lipinski definition) is 1. The third-order valence-electron chi connectivity index (χ3n) is 3.94. The number of amides is 3. The fourth-order valence-corrected chi connectivity index (χ4v) is 2.12. The second-order valence-corrected chi connectivity index (χ2v) is 5.86. The number of benzene rings is 1. The summed E-state index contributed by atoms with van der Waals surface area (Å²) in [6, 6.07) is 5.66. The molecule has 0 radical (unpaired) electrons. The summed E-state index contributed by atoms with van der Waals surface area (Å²) < 4.78 is 0. The molecule has 0 aliphatic heterocycles. The molecule has 1 aromatic carbocycles. The second kappa shape index (κ2) is 7.82. The minimum Gasteiger partial charge on any atom is -0.331 e. The Morgan fingerprint density at radius 2 is 1.86 bits per heavy atom. The molecule has 22 heavy (non-hydrogen) atoms. The van der Waals surface area contributed by atoms with Gasteiger partial charge in [-0.15, -0.1) is 0 Å². The minimum atomic E-state index is -0.177. The van der Waals surface area contributed by atoms with Crippen molar-refractivity contribution < 1.29 is 9.59 Å². The van der Waals surface area contributed by atoms with Gasteiger partial charge in [-0.05, 0) is 44.4 Å². The summed E-state index contributed by atoms with van der Waals surface area (Å²) in [6.07, 6.45) is 0.802. The topological polar surface area (TPSA) is 52.7 Å². The van der Waals surface area contributed by atoms with Gasteiger partial charge in [0.2, 0.25) is 5.91 Å². The van der Waals surface area contributed by atoms with Crippen LogP contribution in [0.2, 0.25) is 0 Å². The Hall–Kier alpha value is -2.04. The average Bonchev–Trinajstić information content (AvgIpc) is 2.48. The van der Waals surface area contributed by atoms with Gasteiger partial charge in [0.1, 0.15) is 6.54 Å². The van der Waals surface area contributed by atoms with E-state index in [1.165, 1.54) is 4.90 Å². The molecule has 0 bridgehead atoms. The van der Waals surface area contributed by atoms with E-state index in [-0.39, 0.29) is 24.5 Å². The maximum Gasteiger partial charge on any atom is 0.320 e. The molecule has 0 aliphatic rings. The molecule has 0 heterocycles. The van der Waals surface area contributed by atoms with Crippen molar-refractivity contribution in [3.8, 4) is 0 Å². The molecule has 0 saturated carbocycles. The Morgan fingerprint density at radius 1 is 1.23 bits per heavy atom. The number of nitrogens with zero attached hydrogens (tertiary/aromatic N) is 2. The molecular weight excluding hydrogens is 278 g/mol. The van der Waals surface area contributed by atoms with Crippen LogP contribution in [0.1, 0.15) is 31.4 Å². The van der Waals surface area contributed by atoms with E-state index in [2.05, 4.69) is 5.32 Å². The highest BCUT2D eigenvalue weighted by Gasteiger charge is 2.23. The predicted molar refractivity (Wildman–Crippen MR) is 90.1 cm³/mol. The summed E-state index contributed by atoms with van der Waals surface area (Å²) in [4.78, 5) is 27.6. The summed E-state index contributed by atoms with van der Waals surface area (Å²) in [5.41, 5.74) is 2.97. The maximum absolute atomic E-state index is 12.3. The molecule has 0 fully saturated rings. The Kier molecular flexibility index (Phi) is 6.40. The van der Waals surface area contributed by atoms with Crippen molar-refractivity contribution in [2.45, 2.75) is 40.2 Å². The monoisotopic (exact) mass is 305 g/mol. The largest absolute Gasteiger partial charge is 0.331 e. The van der Waals surface area contributed by atoms with Gasteiger partial charge in [-0.3, -0.25) is 4.79 Å². The molecule has 0 saturated heterocycles. The van der Waals surface area contributed by atoms with E-state index in [9.17, 15) is 9.59 Å². The molecular formula is C17H27N3O2. The van der Waals surface area contributed by atoms with Gasteiger partial charge in [-0.25, -0.2) is 4.79 Å². The molecule has 1 N–H and O–H groups in total. The highest BCUT2D eigenvalue weighted by atomic mass is 16.2. The number of carbonyl (C=O) groups is 2. The number of urea groups is 1. The molecule has 0 aliphatic carbocycles. The van der Waals surface area contributed by atoms with Crippen molar-refractivity contribution in [2.24, 2.45) is 0 Å². The normalized spacial score (nSPS) is 11.7. The molecule has 3 amide bonds. The van der Waals surface area contributed by atoms with Gasteiger partial charge in [-0.2, -0.15) is 0 Å². The zero-order valence-corrected chi connectivity index (χ0v) is 14.4. The van der Waals surface area contributed by atoms with Crippen LogP contribution in [0.5, 0.6) is 0 Å². The van der Waals surface area contributed by atoms with Crippen LogP contribution in [0, 0.1) is 13.8 Å². The van der Waals surface area contributed by atoms with Gasteiger partial charge in [0.25, 0.3) is 0 Å². The number of aryl methyl sites for hydroxylation is 1. The van der Waals surface area contributed by atoms with E-state index in [1.54, 1.807) is 19.0 Å². The van der Waals surface area contributed by atoms with Crippen molar-refractivity contribution in [3.63, 3.8) is 0 Å². The van der Waals surface area contributed by atoms with Crippen molar-refractivity contribution in [3.05, 3.63) is 29.3 Å². The molecule has 5 heteroatoms. The smallest absolute Gasteiger partial charge is 0.320 e. The Morgan fingerprint density at radius 3 is 2.41 bits per heavy atom. The van der Waals surface area contributed by atoms with Gasteiger partial charge in [-0.1, -0.05) is 19.1 Å². The van der Waals surface area contributed by atoms with Gasteiger partial charge in [0.05, 0.1) is 0 Å². The van der Waals surface area contributed by atoms with E-state index >= 15 is 0 Å². The lowest BCUT2D eigenvalue weighted by Gasteiger charge is -2.30. The molecule has 1 unspecified atom stereocenters. The van der Waals surface area contributed by atoms with Crippen LogP contribution in [0.4, 0.5) is 10.5 Å². The zero-order valence-electron chi connectivity index (χ0n) is 14.4. The van der Waals surface area contributed by atoms with Crippen LogP contribution in [0.15, 0.2) is 18.2 Å². The zero-order chi connectivity index (χ0) is 16.9. The van der Waals surface area contributed by atoms with Crippen LogP contribution in [0.25, 0.3) is 0 Å². The van der Waals surface area contributed by atoms with Crippen LogP contribution < -0.4 is 5.32 Å². The third kappa shape index (κ3) is 4.48. The van der Waals surface area contributed by atoms with Gasteiger partial charge in [0, 0.05) is 25.8 Å². The lowest BCUT2D eigenvalue weighted by Crippen LogP contribution is -2.47. The van der Waals surface area contributed by atoms with Crippen molar-refractivity contribution in [1.29, 1.82) is 0 Å². The van der Waals surface area contributed by atoms with Crippen molar-refractivity contribution in [2.75, 3.05) is 26.0 Å². The predicted octanol–water partition coefficient (Wildman–Crippen LogP) is 3.02. The molecule has 122 valence electrons. The number of nitrogens with one attached hydrogen (secondary N) is 1. The summed E-state index contributed by atoms with van der Waals surface area (Å²) >= 11 is 0. The minimum absolute atomic E-state index is 0.0132. The number of rotatable bonds is 5. The highest BCUT2D eigenvalue weighted by Crippen LogP contribution is 2.18. The fourth-order valence-electron chi connectivity index (χ4n) is 2.12. The Balaban J connectivity index is 2.83. The van der Waals surface area contributed by atoms with Gasteiger partial charge < -0.3 is 15.1 Å². The van der Waals surface area contributed by atoms with E-state index in [0.717, 1.165) is 23.2 Å². The second-order valence-electron chi connectivity index (χ2n) is 5.86. The summed E-state index contributed by atoms with van der Waals surface area (Å²) in [7, 11) is 3.39. The first kappa shape index (κ1) is 18.0. The van der Waals surface area contributed by atoms with Gasteiger partial charge >= 0.3 is 6.03 Å². The van der Waals surface area contributed by atoms with E-state index in [0.29, 0.717) is 0 Å². The number of carbonyl (C=O) groups excluding carboxylic acids is 2. The van der Waals surface area contributed by atoms with E-state index in [4.69, 9.17) is 0 Å². The van der Waals surface area contributed by atoms with Crippen LogP contribution in [0.3, 0.4) is 0 Å². The lowest BCUT2D eigenvalue weighted by atomic mass is 10.1. The molecule has 0 spiro atoms. The van der Waals surface area contributed by atoms with Crippen LogP contribution in [-0.2, 0) is 4.79 Å². The first-order chi connectivity index (χ1) is 10.3. The first-order valence-electron chi connectivity index (χ1n) is 7.61. The van der Waals surface area contributed by atoms with Gasteiger partial charge in [0.15, 0.2) is 0 Å². The number of anilines is 1. The first-order valence-corrected chi connectivity index (χ1v) is 7.61. The molecule has 1 atom stereocenters. The Labute approximate surface area is 133 Å². The van der Waals surface area contributed by atoms with Crippen molar-refractivity contribution in [1.82, 2.24) is 9.80 Å². The summed E-state index contributed by atoms with van der Waals surface area (Å²) in [5.74, 6) is -0.177. The fraction of sp³-hybridized carbons (Fsp3) is 0.529. The quantitative estimate of drug-likeness (QED) is 0.909. The van der Waals surface area contributed by atoms with Crippen LogP contribution in [-0.4, -0.2) is 48.4 Å². The average molecular weight is 305 g/mol. The highest BCUT2D eigenvalue weighted by molar-refractivity contribution is 5.95. The Bertz CT molecular complexity index is 541.